The summed E-state index contributed by atoms with van der Waals surface area (Å²) in [4.78, 5) is 12.1. The SMILES string of the molecule is O=c1cc(-c2c(O)cc(Br)cc2F)oc2c(Cl)cccc12. The van der Waals surface area contributed by atoms with Crippen molar-refractivity contribution in [2.45, 2.75) is 0 Å². The van der Waals surface area contributed by atoms with Gasteiger partial charge < -0.3 is 9.52 Å². The van der Waals surface area contributed by atoms with Gasteiger partial charge in [0.2, 0.25) is 0 Å². The van der Waals surface area contributed by atoms with Gasteiger partial charge in [-0.15, -0.1) is 0 Å². The third-order valence-corrected chi connectivity index (χ3v) is 3.74. The Morgan fingerprint density at radius 1 is 1.24 bits per heavy atom. The van der Waals surface area contributed by atoms with Crippen molar-refractivity contribution in [3.8, 4) is 17.1 Å². The number of phenols is 1. The molecule has 0 spiro atoms. The average Bonchev–Trinajstić information content (AvgIpc) is 2.39. The second-order valence-electron chi connectivity index (χ2n) is 4.37. The molecule has 3 aromatic rings. The lowest BCUT2D eigenvalue weighted by Gasteiger charge is -2.08. The van der Waals surface area contributed by atoms with E-state index >= 15 is 0 Å². The molecule has 3 nitrogen and oxygen atoms in total. The number of aromatic hydroxyl groups is 1. The van der Waals surface area contributed by atoms with E-state index in [-0.39, 0.29) is 33.1 Å². The molecule has 106 valence electrons. The maximum Gasteiger partial charge on any atom is 0.193 e. The number of hydrogen-bond donors (Lipinski definition) is 1. The van der Waals surface area contributed by atoms with Gasteiger partial charge in [-0.25, -0.2) is 4.39 Å². The highest BCUT2D eigenvalue weighted by atomic mass is 79.9. The Labute approximate surface area is 131 Å². The van der Waals surface area contributed by atoms with Crippen molar-refractivity contribution in [2.24, 2.45) is 0 Å². The van der Waals surface area contributed by atoms with Gasteiger partial charge in [0.15, 0.2) is 11.0 Å². The Balaban J connectivity index is 2.37. The summed E-state index contributed by atoms with van der Waals surface area (Å²) in [5, 5.41) is 10.4. The summed E-state index contributed by atoms with van der Waals surface area (Å²) in [6.07, 6.45) is 0. The molecule has 0 bridgehead atoms. The molecule has 6 heteroatoms. The molecule has 0 aliphatic heterocycles. The molecule has 1 N–H and O–H groups in total. The van der Waals surface area contributed by atoms with Crippen molar-refractivity contribution in [3.05, 3.63) is 61.9 Å². The normalized spacial score (nSPS) is 11.0. The number of para-hydroxylation sites is 1. The summed E-state index contributed by atoms with van der Waals surface area (Å²) in [7, 11) is 0. The average molecular weight is 370 g/mol. The minimum absolute atomic E-state index is 0.0805. The first-order valence-corrected chi connectivity index (χ1v) is 7.05. The number of phenolic OH excluding ortho intramolecular Hbond substituents is 1. The Morgan fingerprint density at radius 2 is 2.00 bits per heavy atom. The molecule has 1 heterocycles. The number of rotatable bonds is 1. The van der Waals surface area contributed by atoms with Gasteiger partial charge >= 0.3 is 0 Å². The zero-order valence-corrected chi connectivity index (χ0v) is 12.7. The topological polar surface area (TPSA) is 50.4 Å². The highest BCUT2D eigenvalue weighted by Crippen LogP contribution is 2.36. The van der Waals surface area contributed by atoms with Crippen LogP contribution in [0.1, 0.15) is 0 Å². The molecule has 0 saturated heterocycles. The van der Waals surface area contributed by atoms with Crippen LogP contribution in [0.2, 0.25) is 5.02 Å². The Morgan fingerprint density at radius 3 is 2.71 bits per heavy atom. The lowest BCUT2D eigenvalue weighted by atomic mass is 10.1. The molecular formula is C15H7BrClFO3. The molecule has 0 saturated carbocycles. The van der Waals surface area contributed by atoms with E-state index in [1.54, 1.807) is 18.2 Å². The minimum atomic E-state index is -0.712. The summed E-state index contributed by atoms with van der Waals surface area (Å²) in [6, 6.07) is 8.37. The monoisotopic (exact) mass is 368 g/mol. The Kier molecular flexibility index (Phi) is 3.47. The van der Waals surface area contributed by atoms with Gasteiger partial charge in [-0.05, 0) is 24.3 Å². The fourth-order valence-corrected chi connectivity index (χ4v) is 2.70. The van der Waals surface area contributed by atoms with E-state index in [1.165, 1.54) is 12.1 Å². The van der Waals surface area contributed by atoms with E-state index < -0.39 is 5.82 Å². The highest BCUT2D eigenvalue weighted by Gasteiger charge is 2.17. The molecule has 3 rings (SSSR count). The van der Waals surface area contributed by atoms with Crippen LogP contribution in [0.5, 0.6) is 5.75 Å². The number of halogens is 3. The lowest BCUT2D eigenvalue weighted by Crippen LogP contribution is -2.01. The molecule has 0 aliphatic carbocycles. The molecule has 0 fully saturated rings. The number of hydrogen-bond acceptors (Lipinski definition) is 3. The fourth-order valence-electron chi connectivity index (χ4n) is 2.07. The molecule has 0 atom stereocenters. The fraction of sp³-hybridized carbons (Fsp3) is 0. The summed E-state index contributed by atoms with van der Waals surface area (Å²) in [6.45, 7) is 0. The van der Waals surface area contributed by atoms with Crippen LogP contribution in [0.3, 0.4) is 0 Å². The van der Waals surface area contributed by atoms with Crippen LogP contribution in [-0.2, 0) is 0 Å². The van der Waals surface area contributed by atoms with E-state index in [0.29, 0.717) is 9.86 Å². The van der Waals surface area contributed by atoms with E-state index in [1.807, 2.05) is 0 Å². The molecular weight excluding hydrogens is 363 g/mol. The van der Waals surface area contributed by atoms with Crippen molar-refractivity contribution in [1.29, 1.82) is 0 Å². The third kappa shape index (κ3) is 2.43. The molecule has 2 aromatic carbocycles. The van der Waals surface area contributed by atoms with Crippen LogP contribution in [-0.4, -0.2) is 5.11 Å². The first-order valence-electron chi connectivity index (χ1n) is 5.88. The van der Waals surface area contributed by atoms with Gasteiger partial charge in [-0.1, -0.05) is 33.6 Å². The van der Waals surface area contributed by atoms with Crippen LogP contribution in [0.25, 0.3) is 22.3 Å². The van der Waals surface area contributed by atoms with Crippen LogP contribution in [0.15, 0.2) is 50.1 Å². The number of fused-ring (bicyclic) bond motifs is 1. The first kappa shape index (κ1) is 14.1. The van der Waals surface area contributed by atoms with Crippen molar-refractivity contribution in [1.82, 2.24) is 0 Å². The summed E-state index contributed by atoms with van der Waals surface area (Å²) >= 11 is 9.07. The van der Waals surface area contributed by atoms with Crippen LogP contribution >= 0.6 is 27.5 Å². The predicted octanol–water partition coefficient (Wildman–Crippen LogP) is 4.72. The summed E-state index contributed by atoms with van der Waals surface area (Å²) in [5.74, 6) is -1.13. The van der Waals surface area contributed by atoms with E-state index in [0.717, 1.165) is 6.07 Å². The van der Waals surface area contributed by atoms with Crippen LogP contribution in [0.4, 0.5) is 4.39 Å². The zero-order valence-electron chi connectivity index (χ0n) is 10.4. The van der Waals surface area contributed by atoms with Crippen molar-refractivity contribution in [3.63, 3.8) is 0 Å². The van der Waals surface area contributed by atoms with Crippen molar-refractivity contribution >= 4 is 38.5 Å². The molecule has 0 amide bonds. The smallest absolute Gasteiger partial charge is 0.193 e. The maximum atomic E-state index is 14.0. The maximum absolute atomic E-state index is 14.0. The van der Waals surface area contributed by atoms with Gasteiger partial charge in [0.25, 0.3) is 0 Å². The van der Waals surface area contributed by atoms with Gasteiger partial charge in [0.1, 0.15) is 17.3 Å². The third-order valence-electron chi connectivity index (χ3n) is 2.99. The van der Waals surface area contributed by atoms with Gasteiger partial charge in [0.05, 0.1) is 16.0 Å². The van der Waals surface area contributed by atoms with E-state index in [9.17, 15) is 14.3 Å². The Bertz CT molecular complexity index is 897. The summed E-state index contributed by atoms with van der Waals surface area (Å²) in [5.41, 5.74) is -0.393. The quantitative estimate of drug-likeness (QED) is 0.675. The molecule has 1 aromatic heterocycles. The second kappa shape index (κ2) is 5.16. The van der Waals surface area contributed by atoms with Gasteiger partial charge in [-0.3, -0.25) is 4.79 Å². The van der Waals surface area contributed by atoms with E-state index in [4.69, 9.17) is 16.0 Å². The number of benzene rings is 2. The highest BCUT2D eigenvalue weighted by molar-refractivity contribution is 9.10. The largest absolute Gasteiger partial charge is 0.507 e. The predicted molar refractivity (Wildman–Crippen MR) is 82.3 cm³/mol. The molecule has 0 unspecified atom stereocenters. The second-order valence-corrected chi connectivity index (χ2v) is 5.70. The van der Waals surface area contributed by atoms with E-state index in [2.05, 4.69) is 15.9 Å². The first-order chi connectivity index (χ1) is 9.97. The Hall–Kier alpha value is -1.85. The molecule has 0 aliphatic rings. The molecule has 21 heavy (non-hydrogen) atoms. The summed E-state index contributed by atoms with van der Waals surface area (Å²) < 4.78 is 19.9. The zero-order chi connectivity index (χ0) is 15.1. The van der Waals surface area contributed by atoms with Gasteiger partial charge in [-0.2, -0.15) is 0 Å². The van der Waals surface area contributed by atoms with Crippen LogP contribution in [0, 0.1) is 5.82 Å². The minimum Gasteiger partial charge on any atom is -0.507 e. The molecule has 0 radical (unpaired) electrons. The standard InChI is InChI=1S/C15H7BrClFO3/c16-7-4-10(18)14(12(20)5-7)13-6-11(19)8-2-1-3-9(17)15(8)21-13/h1-6,20H. The van der Waals surface area contributed by atoms with Crippen LogP contribution < -0.4 is 5.43 Å². The van der Waals surface area contributed by atoms with Crippen molar-refractivity contribution < 1.29 is 13.9 Å². The van der Waals surface area contributed by atoms with Crippen molar-refractivity contribution in [2.75, 3.05) is 0 Å². The van der Waals surface area contributed by atoms with Gasteiger partial charge in [0, 0.05) is 10.5 Å². The lowest BCUT2D eigenvalue weighted by molar-refractivity contribution is 0.467.